The minimum Gasteiger partial charge on any atom is -0.464 e. The van der Waals surface area contributed by atoms with Gasteiger partial charge in [0, 0.05) is 6.54 Å². The van der Waals surface area contributed by atoms with Crippen molar-refractivity contribution in [1.82, 2.24) is 20.3 Å². The molecule has 2 rings (SSSR count). The first-order valence-corrected chi connectivity index (χ1v) is 5.01. The van der Waals surface area contributed by atoms with Crippen LogP contribution in [0.25, 0.3) is 0 Å². The first-order chi connectivity index (χ1) is 7.74. The number of hydrogen-bond donors (Lipinski definition) is 1. The van der Waals surface area contributed by atoms with Crippen molar-refractivity contribution in [3.8, 4) is 0 Å². The van der Waals surface area contributed by atoms with Gasteiger partial charge in [-0.1, -0.05) is 0 Å². The molecule has 0 saturated carbocycles. The molecule has 1 aliphatic heterocycles. The molecule has 2 heterocycles. The molecule has 0 amide bonds. The molecule has 0 aliphatic carbocycles. The highest BCUT2D eigenvalue weighted by Crippen LogP contribution is 2.22. The van der Waals surface area contributed by atoms with Gasteiger partial charge in [-0.15, -0.1) is 5.10 Å². The largest absolute Gasteiger partial charge is 0.464 e. The van der Waals surface area contributed by atoms with Crippen molar-refractivity contribution in [2.75, 3.05) is 33.9 Å². The molecule has 1 unspecified atom stereocenters. The van der Waals surface area contributed by atoms with E-state index >= 15 is 0 Å². The van der Waals surface area contributed by atoms with Crippen LogP contribution in [-0.4, -0.2) is 60.2 Å². The zero-order valence-corrected chi connectivity index (χ0v) is 9.27. The van der Waals surface area contributed by atoms with Gasteiger partial charge in [-0.05, 0) is 7.05 Å². The maximum absolute atomic E-state index is 11.4. The molecule has 1 fully saturated rings. The summed E-state index contributed by atoms with van der Waals surface area (Å²) in [7, 11) is 3.28. The van der Waals surface area contributed by atoms with Gasteiger partial charge in [0.1, 0.15) is 5.69 Å². The number of esters is 1. The molecule has 0 radical (unpaired) electrons. The third-order valence-electron chi connectivity index (χ3n) is 2.67. The number of likely N-dealkylation sites (N-methyl/N-ethyl adjacent to an activating group) is 1. The Morgan fingerprint density at radius 3 is 3.12 bits per heavy atom. The van der Waals surface area contributed by atoms with Crippen LogP contribution in [0.4, 0.5) is 0 Å². The molecule has 1 atom stereocenters. The molecule has 1 aliphatic rings. The van der Waals surface area contributed by atoms with E-state index in [2.05, 4.69) is 25.0 Å². The first-order valence-electron chi connectivity index (χ1n) is 5.01. The second-order valence-corrected chi connectivity index (χ2v) is 3.62. The summed E-state index contributed by atoms with van der Waals surface area (Å²) in [6.07, 6.45) is 0. The third-order valence-corrected chi connectivity index (χ3v) is 2.67. The number of hydrogen-bond acceptors (Lipinski definition) is 6. The van der Waals surface area contributed by atoms with E-state index < -0.39 is 5.97 Å². The van der Waals surface area contributed by atoms with E-state index in [4.69, 9.17) is 4.74 Å². The molecule has 1 aromatic rings. The highest BCUT2D eigenvalue weighted by atomic mass is 16.5. The minimum atomic E-state index is -0.484. The zero-order chi connectivity index (χ0) is 11.5. The maximum atomic E-state index is 11.4. The molecule has 7 heteroatoms. The molecule has 1 saturated heterocycles. The number of aromatic nitrogens is 3. The zero-order valence-electron chi connectivity index (χ0n) is 9.27. The fourth-order valence-electron chi connectivity index (χ4n) is 1.69. The summed E-state index contributed by atoms with van der Waals surface area (Å²) in [4.78, 5) is 13.5. The Morgan fingerprint density at radius 2 is 2.44 bits per heavy atom. The van der Waals surface area contributed by atoms with Crippen molar-refractivity contribution in [3.05, 3.63) is 11.4 Å². The lowest BCUT2D eigenvalue weighted by atomic mass is 10.1. The number of ether oxygens (including phenoxy) is 2. The fourth-order valence-corrected chi connectivity index (χ4v) is 1.69. The number of H-pyrrole nitrogens is 1. The lowest BCUT2D eigenvalue weighted by Gasteiger charge is -2.31. The Hall–Kier alpha value is -1.47. The van der Waals surface area contributed by atoms with Gasteiger partial charge in [-0.25, -0.2) is 4.79 Å². The first kappa shape index (κ1) is 11.0. The number of rotatable bonds is 2. The molecule has 7 nitrogen and oxygen atoms in total. The second kappa shape index (κ2) is 4.58. The Balaban J connectivity index is 2.25. The van der Waals surface area contributed by atoms with Crippen LogP contribution in [0.1, 0.15) is 22.2 Å². The fraction of sp³-hybridized carbons (Fsp3) is 0.667. The van der Waals surface area contributed by atoms with Gasteiger partial charge in [0.05, 0.1) is 26.4 Å². The molecule has 16 heavy (non-hydrogen) atoms. The lowest BCUT2D eigenvalue weighted by Crippen LogP contribution is -2.37. The third kappa shape index (κ3) is 1.91. The van der Waals surface area contributed by atoms with Crippen molar-refractivity contribution in [3.63, 3.8) is 0 Å². The van der Waals surface area contributed by atoms with Crippen molar-refractivity contribution in [2.45, 2.75) is 6.04 Å². The highest BCUT2D eigenvalue weighted by Gasteiger charge is 2.29. The molecular formula is C9H14N4O3. The van der Waals surface area contributed by atoms with Crippen LogP contribution in [0.5, 0.6) is 0 Å². The second-order valence-electron chi connectivity index (χ2n) is 3.62. The quantitative estimate of drug-likeness (QED) is 0.691. The van der Waals surface area contributed by atoms with Gasteiger partial charge in [0.15, 0.2) is 5.69 Å². The van der Waals surface area contributed by atoms with Crippen LogP contribution < -0.4 is 0 Å². The van der Waals surface area contributed by atoms with Crippen molar-refractivity contribution >= 4 is 5.97 Å². The lowest BCUT2D eigenvalue weighted by molar-refractivity contribution is 0.00289. The van der Waals surface area contributed by atoms with Crippen LogP contribution in [0.2, 0.25) is 0 Å². The molecule has 88 valence electrons. The standard InChI is InChI=1S/C9H14N4O3/c1-13-3-4-16-5-6(13)7-8(9(14)15-2)11-12-10-7/h6H,3-5H2,1-2H3,(H,10,11,12). The van der Waals surface area contributed by atoms with E-state index in [1.807, 2.05) is 7.05 Å². The van der Waals surface area contributed by atoms with E-state index in [1.165, 1.54) is 7.11 Å². The number of methoxy groups -OCH3 is 1. The van der Waals surface area contributed by atoms with Crippen molar-refractivity contribution in [1.29, 1.82) is 0 Å². The van der Waals surface area contributed by atoms with Crippen LogP contribution >= 0.6 is 0 Å². The normalized spacial score (nSPS) is 22.0. The number of nitrogens with one attached hydrogen (secondary N) is 1. The molecule has 0 bridgehead atoms. The Bertz CT molecular complexity index is 379. The summed E-state index contributed by atoms with van der Waals surface area (Å²) < 4.78 is 10.0. The number of morpholine rings is 1. The van der Waals surface area contributed by atoms with Gasteiger partial charge in [-0.3, -0.25) is 4.90 Å². The number of aromatic amines is 1. The number of carbonyl (C=O) groups excluding carboxylic acids is 1. The Kier molecular flexibility index (Phi) is 3.16. The van der Waals surface area contributed by atoms with E-state index in [0.29, 0.717) is 18.9 Å². The van der Waals surface area contributed by atoms with E-state index in [9.17, 15) is 4.79 Å². The van der Waals surface area contributed by atoms with E-state index in [1.54, 1.807) is 0 Å². The average Bonchev–Trinajstić information content (AvgIpc) is 2.77. The van der Waals surface area contributed by atoms with Crippen LogP contribution in [0.15, 0.2) is 0 Å². The van der Waals surface area contributed by atoms with Gasteiger partial charge in [0.2, 0.25) is 0 Å². The summed E-state index contributed by atoms with van der Waals surface area (Å²) in [6, 6.07) is -0.0541. The smallest absolute Gasteiger partial charge is 0.360 e. The maximum Gasteiger partial charge on any atom is 0.360 e. The summed E-state index contributed by atoms with van der Waals surface area (Å²) in [5, 5.41) is 10.3. The van der Waals surface area contributed by atoms with Crippen molar-refractivity contribution in [2.24, 2.45) is 0 Å². The Labute approximate surface area is 92.7 Å². The van der Waals surface area contributed by atoms with Crippen molar-refractivity contribution < 1.29 is 14.3 Å². The van der Waals surface area contributed by atoms with Crippen LogP contribution in [0.3, 0.4) is 0 Å². The summed E-state index contributed by atoms with van der Waals surface area (Å²) in [5.74, 6) is -0.484. The van der Waals surface area contributed by atoms with Gasteiger partial charge in [-0.2, -0.15) is 10.3 Å². The molecular weight excluding hydrogens is 212 g/mol. The highest BCUT2D eigenvalue weighted by molar-refractivity contribution is 5.88. The van der Waals surface area contributed by atoms with Gasteiger partial charge < -0.3 is 9.47 Å². The number of carbonyl (C=O) groups is 1. The monoisotopic (exact) mass is 226 g/mol. The summed E-state index contributed by atoms with van der Waals surface area (Å²) in [5.41, 5.74) is 0.805. The van der Waals surface area contributed by atoms with Crippen LogP contribution in [0, 0.1) is 0 Å². The van der Waals surface area contributed by atoms with E-state index in [0.717, 1.165) is 6.54 Å². The van der Waals surface area contributed by atoms with Gasteiger partial charge >= 0.3 is 5.97 Å². The van der Waals surface area contributed by atoms with Gasteiger partial charge in [0.25, 0.3) is 0 Å². The number of nitrogens with zero attached hydrogens (tertiary/aromatic N) is 3. The predicted molar refractivity (Wildman–Crippen MR) is 53.9 cm³/mol. The molecule has 0 aromatic carbocycles. The molecule has 1 aromatic heterocycles. The topological polar surface area (TPSA) is 80.3 Å². The molecule has 0 spiro atoms. The predicted octanol–water partition coefficient (Wildman–Crippen LogP) is -0.406. The Morgan fingerprint density at radius 1 is 1.62 bits per heavy atom. The SMILES string of the molecule is COC(=O)c1n[nH]nc1C1COCCN1C. The van der Waals surface area contributed by atoms with Crippen LogP contribution in [-0.2, 0) is 9.47 Å². The summed E-state index contributed by atoms with van der Waals surface area (Å²) >= 11 is 0. The molecule has 1 N–H and O–H groups in total. The average molecular weight is 226 g/mol. The minimum absolute atomic E-state index is 0.0541. The van der Waals surface area contributed by atoms with E-state index in [-0.39, 0.29) is 11.7 Å². The summed E-state index contributed by atoms with van der Waals surface area (Å²) in [6.45, 7) is 2.00.